The van der Waals surface area contributed by atoms with Crippen LogP contribution in [0.25, 0.3) is 43.6 Å². The summed E-state index contributed by atoms with van der Waals surface area (Å²) >= 11 is 6.26. The molecule has 6 rings (SSSR count). The molecule has 0 bridgehead atoms. The van der Waals surface area contributed by atoms with Crippen LogP contribution in [0.2, 0.25) is 5.02 Å². The molecule has 1 N–H and O–H groups in total. The minimum atomic E-state index is 0.346. The number of quaternary nitrogens is 1. The molecule has 288 valence electrons. The molecule has 0 aliphatic carbocycles. The standard InChI is InChI=1S/C26H37ClN3O.C20H25N3/c1-7-30(8-2,18(3)4)15-9-10-19(5)28-26-22-13-11-20(27)16-25(22)29-24-14-12-21(31-6)17-23(24)26;1-13(2)20-16-9-7-14(22(3)4)11-18(16)21-19-12-15(23(5)6)8-10-17(19)20/h11-14,16-19H,7-10,15H2,1-6H3,(H,28,29);7-13H,1-6H3/q+1;. The number of aromatic nitrogens is 2. The highest BCUT2D eigenvalue weighted by atomic mass is 35.5. The highest BCUT2D eigenvalue weighted by Gasteiger charge is 2.27. The van der Waals surface area contributed by atoms with E-state index in [-0.39, 0.29) is 0 Å². The molecular weight excluding hydrogens is 688 g/mol. The van der Waals surface area contributed by atoms with Crippen LogP contribution in [-0.2, 0) is 0 Å². The zero-order valence-corrected chi connectivity index (χ0v) is 35.5. The van der Waals surface area contributed by atoms with Crippen LogP contribution in [0, 0.1) is 0 Å². The number of hydrogen-bond acceptors (Lipinski definition) is 6. The Morgan fingerprint density at radius 3 is 1.76 bits per heavy atom. The highest BCUT2D eigenvalue weighted by Crippen LogP contribution is 2.36. The monoisotopic (exact) mass is 749 g/mol. The molecule has 6 aromatic rings. The van der Waals surface area contributed by atoms with Crippen LogP contribution in [0.5, 0.6) is 5.75 Å². The Bertz CT molecular complexity index is 2140. The first-order valence-corrected chi connectivity index (χ1v) is 20.0. The lowest BCUT2D eigenvalue weighted by Crippen LogP contribution is -2.53. The lowest BCUT2D eigenvalue weighted by Gasteiger charge is -2.41. The third kappa shape index (κ3) is 8.79. The summed E-state index contributed by atoms with van der Waals surface area (Å²) in [4.78, 5) is 14.0. The highest BCUT2D eigenvalue weighted by molar-refractivity contribution is 6.31. The maximum absolute atomic E-state index is 6.26. The maximum atomic E-state index is 6.26. The van der Waals surface area contributed by atoms with Crippen molar-refractivity contribution >= 4 is 72.3 Å². The molecule has 8 heteroatoms. The molecule has 1 atom stereocenters. The summed E-state index contributed by atoms with van der Waals surface area (Å²) in [5.74, 6) is 1.29. The van der Waals surface area contributed by atoms with Crippen LogP contribution < -0.4 is 19.9 Å². The Hall–Kier alpha value is -4.33. The minimum Gasteiger partial charge on any atom is -0.497 e. The van der Waals surface area contributed by atoms with Crippen molar-refractivity contribution in [2.75, 3.05) is 70.1 Å². The van der Waals surface area contributed by atoms with E-state index in [1.165, 1.54) is 58.2 Å². The van der Waals surface area contributed by atoms with Gasteiger partial charge in [0.05, 0.1) is 60.5 Å². The number of methoxy groups -OCH3 is 1. The van der Waals surface area contributed by atoms with Crippen LogP contribution in [0.4, 0.5) is 17.1 Å². The number of anilines is 3. The fourth-order valence-electron chi connectivity index (χ4n) is 7.87. The maximum Gasteiger partial charge on any atom is 0.119 e. The van der Waals surface area contributed by atoms with Crippen molar-refractivity contribution in [2.24, 2.45) is 0 Å². The fourth-order valence-corrected chi connectivity index (χ4v) is 8.04. The molecule has 0 amide bonds. The molecule has 0 spiro atoms. The summed E-state index contributed by atoms with van der Waals surface area (Å²) in [6, 6.07) is 26.1. The zero-order chi connectivity index (χ0) is 39.3. The van der Waals surface area contributed by atoms with Gasteiger partial charge >= 0.3 is 0 Å². The fraction of sp³-hybridized carbons (Fsp3) is 0.435. The van der Waals surface area contributed by atoms with Gasteiger partial charge in [0.1, 0.15) is 5.75 Å². The molecule has 2 aromatic heterocycles. The van der Waals surface area contributed by atoms with Gasteiger partial charge in [0.15, 0.2) is 0 Å². The molecule has 7 nitrogen and oxygen atoms in total. The second-order valence-corrected chi connectivity index (χ2v) is 16.2. The lowest BCUT2D eigenvalue weighted by molar-refractivity contribution is -0.944. The van der Waals surface area contributed by atoms with E-state index >= 15 is 0 Å². The molecule has 2 heterocycles. The Labute approximate surface area is 328 Å². The first-order chi connectivity index (χ1) is 25.7. The van der Waals surface area contributed by atoms with Crippen molar-refractivity contribution in [3.63, 3.8) is 0 Å². The predicted molar refractivity (Wildman–Crippen MR) is 236 cm³/mol. The van der Waals surface area contributed by atoms with Gasteiger partial charge in [0, 0.05) is 72.2 Å². The van der Waals surface area contributed by atoms with Gasteiger partial charge in [-0.15, -0.1) is 0 Å². The Morgan fingerprint density at radius 1 is 0.685 bits per heavy atom. The smallest absolute Gasteiger partial charge is 0.119 e. The van der Waals surface area contributed by atoms with Crippen LogP contribution in [0.3, 0.4) is 0 Å². The molecular formula is C46H62ClN6O+. The third-order valence-corrected chi connectivity index (χ3v) is 11.6. The Morgan fingerprint density at radius 2 is 1.24 bits per heavy atom. The number of hydrogen-bond donors (Lipinski definition) is 1. The van der Waals surface area contributed by atoms with Gasteiger partial charge in [-0.25, -0.2) is 9.97 Å². The topological polar surface area (TPSA) is 53.5 Å². The quantitative estimate of drug-likeness (QED) is 0.0937. The van der Waals surface area contributed by atoms with Gasteiger partial charge in [-0.05, 0) is 120 Å². The summed E-state index contributed by atoms with van der Waals surface area (Å²) < 4.78 is 6.67. The van der Waals surface area contributed by atoms with E-state index < -0.39 is 0 Å². The summed E-state index contributed by atoms with van der Waals surface area (Å²) in [5, 5.41) is 9.20. The SMILES string of the molecule is CC(C)c1c2ccc(N(C)C)cc2nc2cc(N(C)C)ccc12.CC[N+](CC)(CCCC(C)Nc1c2ccc(Cl)cc2nc2ccc(OC)cc12)C(C)C. The van der Waals surface area contributed by atoms with Crippen LogP contribution in [0.1, 0.15) is 72.8 Å². The van der Waals surface area contributed by atoms with Gasteiger partial charge in [0.25, 0.3) is 0 Å². The minimum absolute atomic E-state index is 0.346. The predicted octanol–water partition coefficient (Wildman–Crippen LogP) is 11.5. The van der Waals surface area contributed by atoms with Crippen molar-refractivity contribution in [3.8, 4) is 5.75 Å². The number of halogens is 1. The first-order valence-electron chi connectivity index (χ1n) is 19.6. The molecule has 0 fully saturated rings. The van der Waals surface area contributed by atoms with Crippen LogP contribution in [-0.4, -0.2) is 81.5 Å². The van der Waals surface area contributed by atoms with Crippen molar-refractivity contribution in [1.82, 2.24) is 9.97 Å². The van der Waals surface area contributed by atoms with E-state index in [1.807, 2.05) is 24.3 Å². The lowest BCUT2D eigenvalue weighted by atomic mass is 9.93. The number of fused-ring (bicyclic) bond motifs is 4. The summed E-state index contributed by atoms with van der Waals surface area (Å²) in [7, 11) is 9.96. The van der Waals surface area contributed by atoms with Gasteiger partial charge in [-0.2, -0.15) is 0 Å². The first kappa shape index (κ1) is 40.8. The number of pyridine rings is 2. The number of nitrogens with zero attached hydrogens (tertiary/aromatic N) is 5. The van der Waals surface area contributed by atoms with Gasteiger partial charge in [-0.1, -0.05) is 37.6 Å². The average molecular weight is 750 g/mol. The summed E-state index contributed by atoms with van der Waals surface area (Å²) in [6.45, 7) is 19.7. The van der Waals surface area contributed by atoms with Crippen molar-refractivity contribution in [3.05, 3.63) is 83.4 Å². The number of nitrogens with one attached hydrogen (secondary N) is 1. The Kier molecular flexibility index (Phi) is 13.2. The zero-order valence-electron chi connectivity index (χ0n) is 34.7. The molecule has 0 saturated carbocycles. The van der Waals surface area contributed by atoms with E-state index in [9.17, 15) is 0 Å². The van der Waals surface area contributed by atoms with E-state index in [0.29, 0.717) is 23.0 Å². The summed E-state index contributed by atoms with van der Waals surface area (Å²) in [5.41, 5.74) is 8.86. The van der Waals surface area contributed by atoms with E-state index in [1.54, 1.807) is 7.11 Å². The van der Waals surface area contributed by atoms with Crippen molar-refractivity contribution in [1.29, 1.82) is 0 Å². The van der Waals surface area contributed by atoms with Crippen LogP contribution in [0.15, 0.2) is 72.8 Å². The Balaban J connectivity index is 0.000000217. The van der Waals surface area contributed by atoms with E-state index in [0.717, 1.165) is 50.7 Å². The van der Waals surface area contributed by atoms with Crippen molar-refractivity contribution in [2.45, 2.75) is 79.3 Å². The van der Waals surface area contributed by atoms with Gasteiger partial charge in [-0.3, -0.25) is 0 Å². The van der Waals surface area contributed by atoms with Gasteiger partial charge < -0.3 is 24.3 Å². The molecule has 0 aliphatic rings. The molecule has 0 radical (unpaired) electrons. The second kappa shape index (κ2) is 17.4. The molecule has 54 heavy (non-hydrogen) atoms. The number of rotatable bonds is 13. The van der Waals surface area contributed by atoms with E-state index in [4.69, 9.17) is 26.3 Å². The molecule has 4 aromatic carbocycles. The third-order valence-electron chi connectivity index (χ3n) is 11.3. The molecule has 1 unspecified atom stereocenters. The van der Waals surface area contributed by atoms with Crippen LogP contribution >= 0.6 is 11.6 Å². The average Bonchev–Trinajstić information content (AvgIpc) is 3.14. The number of benzene rings is 4. The largest absolute Gasteiger partial charge is 0.497 e. The normalized spacial score (nSPS) is 12.4. The van der Waals surface area contributed by atoms with Crippen molar-refractivity contribution < 1.29 is 9.22 Å². The number of ether oxygens (including phenoxy) is 1. The van der Waals surface area contributed by atoms with Gasteiger partial charge in [0.2, 0.25) is 0 Å². The second-order valence-electron chi connectivity index (χ2n) is 15.8. The molecule has 0 aliphatic heterocycles. The summed E-state index contributed by atoms with van der Waals surface area (Å²) in [6.07, 6.45) is 2.32. The van der Waals surface area contributed by atoms with E-state index in [2.05, 4.69) is 140 Å². The molecule has 0 saturated heterocycles.